The van der Waals surface area contributed by atoms with Gasteiger partial charge >= 0.3 is 0 Å². The summed E-state index contributed by atoms with van der Waals surface area (Å²) in [6.07, 6.45) is 6.60. The molecule has 0 aliphatic carbocycles. The summed E-state index contributed by atoms with van der Waals surface area (Å²) < 4.78 is 45.6. The van der Waals surface area contributed by atoms with Gasteiger partial charge in [-0.15, -0.1) is 6.42 Å². The molecule has 2 atom stereocenters. The molecule has 0 bridgehead atoms. The highest BCUT2D eigenvalue weighted by Crippen LogP contribution is 2.59. The second-order valence-corrected chi connectivity index (χ2v) is 6.38. The van der Waals surface area contributed by atoms with E-state index in [1.165, 1.54) is 40.9 Å². The summed E-state index contributed by atoms with van der Waals surface area (Å²) in [5, 5.41) is 0. The van der Waals surface area contributed by atoms with Crippen molar-refractivity contribution in [2.75, 3.05) is 6.61 Å². The molecule has 0 spiro atoms. The zero-order chi connectivity index (χ0) is 16.0. The summed E-state index contributed by atoms with van der Waals surface area (Å²) in [4.78, 5) is 4.00. The number of hydrogen-bond acceptors (Lipinski definition) is 2. The van der Waals surface area contributed by atoms with Crippen LogP contribution in [0.4, 0.5) is 13.2 Å². The number of alkyl halides is 2. The van der Waals surface area contributed by atoms with E-state index < -0.39 is 20.9 Å². The fraction of sp³-hybridized carbons (Fsp3) is 0.188. The summed E-state index contributed by atoms with van der Waals surface area (Å²) in [5.74, 6) is 0.806. The minimum atomic E-state index is -2.11. The fourth-order valence-electron chi connectivity index (χ4n) is 2.27. The third kappa shape index (κ3) is 2.29. The van der Waals surface area contributed by atoms with Crippen LogP contribution in [0.25, 0.3) is 0 Å². The van der Waals surface area contributed by atoms with Crippen molar-refractivity contribution >= 4 is 22.6 Å². The molecule has 1 saturated heterocycles. The van der Waals surface area contributed by atoms with Gasteiger partial charge in [0.2, 0.25) is 3.68 Å². The van der Waals surface area contributed by atoms with Crippen LogP contribution in [0.15, 0.2) is 36.5 Å². The minimum absolute atomic E-state index is 0.0203. The van der Waals surface area contributed by atoms with Gasteiger partial charge in [-0.2, -0.15) is 0 Å². The number of aromatic nitrogens is 1. The smallest absolute Gasteiger partial charge is 0.237 e. The summed E-state index contributed by atoms with van der Waals surface area (Å²) in [6.45, 7) is -0.0203. The van der Waals surface area contributed by atoms with Crippen LogP contribution in [-0.2, 0) is 14.0 Å². The van der Waals surface area contributed by atoms with Crippen LogP contribution in [0.2, 0.25) is 0 Å². The molecule has 2 unspecified atom stereocenters. The Hall–Kier alpha value is -1.59. The van der Waals surface area contributed by atoms with Gasteiger partial charge < -0.3 is 4.74 Å². The number of nitrogens with zero attached hydrogens (tertiary/aromatic N) is 1. The molecule has 6 heteroatoms. The molecule has 1 aromatic heterocycles. The Bertz CT molecular complexity index is 764. The van der Waals surface area contributed by atoms with Crippen molar-refractivity contribution in [1.29, 1.82) is 0 Å². The Morgan fingerprint density at radius 2 is 2.05 bits per heavy atom. The normalized spacial score (nSPS) is 22.7. The maximum absolute atomic E-state index is 15.4. The van der Waals surface area contributed by atoms with Gasteiger partial charge in [-0.1, -0.05) is 12.0 Å². The van der Waals surface area contributed by atoms with Crippen molar-refractivity contribution in [3.8, 4) is 12.3 Å². The van der Waals surface area contributed by atoms with Gasteiger partial charge in [-0.3, -0.25) is 4.98 Å². The van der Waals surface area contributed by atoms with E-state index in [-0.39, 0.29) is 17.9 Å². The third-order valence-electron chi connectivity index (χ3n) is 3.56. The Morgan fingerprint density at radius 3 is 2.55 bits per heavy atom. The first-order valence-corrected chi connectivity index (χ1v) is 7.39. The molecule has 1 aromatic carbocycles. The number of hydrogen-bond donors (Lipinski definition) is 0. The van der Waals surface area contributed by atoms with Crippen LogP contribution in [0.5, 0.6) is 0 Å². The van der Waals surface area contributed by atoms with E-state index in [2.05, 4.69) is 10.9 Å². The molecule has 0 radical (unpaired) electrons. The first-order valence-electron chi connectivity index (χ1n) is 6.31. The summed E-state index contributed by atoms with van der Waals surface area (Å²) in [7, 11) is 0. The molecule has 1 aliphatic heterocycles. The monoisotopic (exact) mass is 415 g/mol. The highest BCUT2D eigenvalue weighted by atomic mass is 127. The highest BCUT2D eigenvalue weighted by Gasteiger charge is 2.65. The lowest BCUT2D eigenvalue weighted by Crippen LogP contribution is -2.32. The lowest BCUT2D eigenvalue weighted by molar-refractivity contribution is 0.138. The second kappa shape index (κ2) is 5.25. The molecule has 2 nitrogen and oxygen atoms in total. The largest absolute Gasteiger partial charge is 0.359 e. The van der Waals surface area contributed by atoms with Crippen molar-refractivity contribution in [2.45, 2.75) is 9.28 Å². The number of benzene rings is 1. The maximum Gasteiger partial charge on any atom is 0.237 e. The maximum atomic E-state index is 15.4. The van der Waals surface area contributed by atoms with Gasteiger partial charge in [0.25, 0.3) is 0 Å². The Morgan fingerprint density at radius 1 is 1.32 bits per heavy atom. The molecule has 2 aromatic rings. The van der Waals surface area contributed by atoms with E-state index >= 15 is 4.39 Å². The van der Waals surface area contributed by atoms with Gasteiger partial charge in [0.1, 0.15) is 11.6 Å². The van der Waals surface area contributed by atoms with Gasteiger partial charge in [-0.05, 0) is 40.8 Å². The molecule has 0 amide bonds. The van der Waals surface area contributed by atoms with Crippen LogP contribution >= 0.6 is 22.6 Å². The van der Waals surface area contributed by atoms with Crippen molar-refractivity contribution in [2.24, 2.45) is 0 Å². The van der Waals surface area contributed by atoms with E-state index in [0.717, 1.165) is 6.07 Å². The van der Waals surface area contributed by atoms with Crippen LogP contribution in [0, 0.1) is 24.0 Å². The molecular formula is C16H9F3INO. The number of pyridine rings is 1. The standard InChI is InChI=1S/C16H9F3INO/c1-2-10-3-6-14(21-8-10)16(19,20)15(9-22-15)12-5-4-11(17)7-13(12)18/h1,3-8H,9H2. The predicted octanol–water partition coefficient (Wildman–Crippen LogP) is 3.82. The predicted molar refractivity (Wildman–Crippen MR) is 83.0 cm³/mol. The third-order valence-corrected chi connectivity index (χ3v) is 4.98. The van der Waals surface area contributed by atoms with Crippen LogP contribution in [0.1, 0.15) is 16.8 Å². The van der Waals surface area contributed by atoms with Gasteiger partial charge in [0, 0.05) is 23.4 Å². The van der Waals surface area contributed by atoms with Crippen molar-refractivity contribution < 1.29 is 17.9 Å². The first kappa shape index (κ1) is 15.3. The summed E-state index contributed by atoms with van der Waals surface area (Å²) in [6, 6.07) is 5.96. The average Bonchev–Trinajstić information content (AvgIpc) is 3.29. The van der Waals surface area contributed by atoms with E-state index in [1.54, 1.807) is 6.07 Å². The van der Waals surface area contributed by atoms with Gasteiger partial charge in [0.15, 0.2) is 5.60 Å². The van der Waals surface area contributed by atoms with Gasteiger partial charge in [0.05, 0.1) is 12.3 Å². The molecule has 2 heterocycles. The Balaban J connectivity index is 2.05. The zero-order valence-corrected chi connectivity index (χ0v) is 13.3. The van der Waals surface area contributed by atoms with E-state index in [9.17, 15) is 8.78 Å². The highest BCUT2D eigenvalue weighted by molar-refractivity contribution is 14.1. The molecule has 1 aliphatic rings. The lowest BCUT2D eigenvalue weighted by atomic mass is 9.92. The fourth-order valence-corrected chi connectivity index (χ4v) is 3.19. The minimum Gasteiger partial charge on any atom is -0.359 e. The van der Waals surface area contributed by atoms with Gasteiger partial charge in [-0.25, -0.2) is 13.2 Å². The molecule has 0 saturated carbocycles. The quantitative estimate of drug-likeness (QED) is 0.330. The molecule has 112 valence electrons. The van der Waals surface area contributed by atoms with E-state index in [1.807, 2.05) is 0 Å². The van der Waals surface area contributed by atoms with Crippen molar-refractivity contribution in [1.82, 2.24) is 4.98 Å². The van der Waals surface area contributed by atoms with E-state index in [0.29, 0.717) is 11.6 Å². The Kier molecular flexibility index (Phi) is 3.65. The number of terminal acetylenes is 1. The molecule has 0 N–H and O–H groups in total. The SMILES string of the molecule is C#Cc1ccc(C(F)(I)C2(c3ccc(F)cc3F)CO2)nc1. The number of epoxide rings is 1. The van der Waals surface area contributed by atoms with Crippen molar-refractivity contribution in [3.63, 3.8) is 0 Å². The van der Waals surface area contributed by atoms with Crippen LogP contribution in [-0.4, -0.2) is 11.6 Å². The Labute approximate surface area is 138 Å². The van der Waals surface area contributed by atoms with E-state index in [4.69, 9.17) is 11.2 Å². The van der Waals surface area contributed by atoms with Crippen LogP contribution in [0.3, 0.4) is 0 Å². The zero-order valence-electron chi connectivity index (χ0n) is 11.1. The second-order valence-electron chi connectivity index (χ2n) is 4.89. The average molecular weight is 415 g/mol. The lowest BCUT2D eigenvalue weighted by Gasteiger charge is -2.26. The number of halogens is 4. The number of ether oxygens (including phenoxy) is 1. The summed E-state index contributed by atoms with van der Waals surface area (Å²) >= 11 is 1.53. The number of rotatable bonds is 3. The van der Waals surface area contributed by atoms with Crippen molar-refractivity contribution in [3.05, 3.63) is 65.0 Å². The molecular weight excluding hydrogens is 406 g/mol. The summed E-state index contributed by atoms with van der Waals surface area (Å²) in [5.41, 5.74) is -0.979. The van der Waals surface area contributed by atoms with Crippen LogP contribution < -0.4 is 0 Å². The molecule has 3 rings (SSSR count). The molecule has 1 fully saturated rings. The first-order chi connectivity index (χ1) is 10.4. The topological polar surface area (TPSA) is 25.4 Å². The molecule has 22 heavy (non-hydrogen) atoms.